The van der Waals surface area contributed by atoms with Gasteiger partial charge in [0.1, 0.15) is 6.20 Å². The fourth-order valence-corrected chi connectivity index (χ4v) is 3.06. The van der Waals surface area contributed by atoms with Crippen molar-refractivity contribution in [3.63, 3.8) is 0 Å². The minimum absolute atomic E-state index is 0.0184. The van der Waals surface area contributed by atoms with Crippen LogP contribution in [0.15, 0.2) is 52.2 Å². The molecule has 1 unspecified atom stereocenters. The molecule has 0 aliphatic carbocycles. The number of hydrogen-bond donors (Lipinski definition) is 1. The second-order valence-electron chi connectivity index (χ2n) is 5.09. The quantitative estimate of drug-likeness (QED) is 0.724. The Kier molecular flexibility index (Phi) is 4.94. The van der Waals surface area contributed by atoms with Gasteiger partial charge in [-0.1, -0.05) is 46.9 Å². The Bertz CT molecular complexity index is 1020. The Hall–Kier alpha value is -2.15. The molecule has 0 aliphatic heterocycles. The monoisotopic (exact) mass is 399 g/mol. The van der Waals surface area contributed by atoms with Crippen LogP contribution in [-0.4, -0.2) is 14.8 Å². The van der Waals surface area contributed by atoms with Gasteiger partial charge < -0.3 is 0 Å². The molecule has 1 heterocycles. The molecule has 1 atom stereocenters. The first kappa shape index (κ1) is 17.7. The van der Waals surface area contributed by atoms with Crippen LogP contribution in [0, 0.1) is 0 Å². The van der Waals surface area contributed by atoms with Crippen LogP contribution in [0.25, 0.3) is 5.69 Å². The first-order chi connectivity index (χ1) is 11.9. The molecule has 0 radical (unpaired) electrons. The van der Waals surface area contributed by atoms with Crippen LogP contribution >= 0.6 is 34.8 Å². The summed E-state index contributed by atoms with van der Waals surface area (Å²) in [4.78, 5) is 25.0. The molecule has 2 aromatic carbocycles. The number of rotatable bonds is 3. The molecule has 0 spiro atoms. The first-order valence-corrected chi connectivity index (χ1v) is 8.07. The van der Waals surface area contributed by atoms with Gasteiger partial charge in [0.25, 0.3) is 5.56 Å². The lowest BCUT2D eigenvalue weighted by atomic mass is 10.0. The highest BCUT2D eigenvalue weighted by Gasteiger charge is 2.21. The van der Waals surface area contributed by atoms with Crippen molar-refractivity contribution in [2.75, 3.05) is 0 Å². The summed E-state index contributed by atoms with van der Waals surface area (Å²) in [7, 11) is 0. The number of aromatic nitrogens is 3. The number of H-pyrrole nitrogens is 1. The molecule has 3 rings (SSSR count). The van der Waals surface area contributed by atoms with Crippen LogP contribution in [0.1, 0.15) is 17.3 Å². The molecule has 5 nitrogen and oxygen atoms in total. The lowest BCUT2D eigenvalue weighted by Gasteiger charge is -2.15. The van der Waals surface area contributed by atoms with Crippen molar-refractivity contribution in [2.45, 2.75) is 6.17 Å². The molecule has 1 aromatic heterocycles. The molecule has 128 valence electrons. The fraction of sp³-hybridized carbons (Fsp3) is 0.0625. The van der Waals surface area contributed by atoms with Gasteiger partial charge in [-0.25, -0.2) is 9.18 Å². The smallest absolute Gasteiger partial charge is 0.271 e. The van der Waals surface area contributed by atoms with Gasteiger partial charge >= 0.3 is 5.69 Å². The number of halogens is 4. The molecule has 0 saturated heterocycles. The summed E-state index contributed by atoms with van der Waals surface area (Å²) >= 11 is 18.2. The van der Waals surface area contributed by atoms with Crippen molar-refractivity contribution >= 4 is 34.8 Å². The second kappa shape index (κ2) is 7.00. The molecule has 3 aromatic rings. The molecule has 9 heteroatoms. The molecule has 0 amide bonds. The Morgan fingerprint density at radius 2 is 1.64 bits per heavy atom. The van der Waals surface area contributed by atoms with Gasteiger partial charge in [0.15, 0.2) is 6.17 Å². The zero-order valence-corrected chi connectivity index (χ0v) is 14.6. The Morgan fingerprint density at radius 1 is 1.04 bits per heavy atom. The highest BCUT2D eigenvalue weighted by atomic mass is 35.5. The van der Waals surface area contributed by atoms with E-state index in [2.05, 4.69) is 10.1 Å². The van der Waals surface area contributed by atoms with Crippen LogP contribution in [0.2, 0.25) is 15.1 Å². The van der Waals surface area contributed by atoms with Crippen LogP contribution in [0.4, 0.5) is 4.39 Å². The van der Waals surface area contributed by atoms with Crippen LogP contribution in [0.3, 0.4) is 0 Å². The maximum absolute atomic E-state index is 14.8. The van der Waals surface area contributed by atoms with Gasteiger partial charge in [0.2, 0.25) is 0 Å². The maximum Gasteiger partial charge on any atom is 0.349 e. The molecular formula is C16H9Cl3FN3O2. The van der Waals surface area contributed by atoms with Gasteiger partial charge in [0.05, 0.1) is 15.7 Å². The Balaban J connectivity index is 2.07. The predicted molar refractivity (Wildman–Crippen MR) is 94.9 cm³/mol. The van der Waals surface area contributed by atoms with Crippen LogP contribution in [0.5, 0.6) is 0 Å². The Morgan fingerprint density at radius 3 is 2.20 bits per heavy atom. The number of benzene rings is 2. The third-order valence-corrected chi connectivity index (χ3v) is 4.31. The standard InChI is InChI=1S/C16H9Cl3FN3O2/c17-9-3-1-8(2-4-9)15(20)14-11(18)5-10(6-12(14)19)23-16(25)22-13(24)7-21-23/h1-7,15H,(H,22,24,25). The summed E-state index contributed by atoms with van der Waals surface area (Å²) in [5.74, 6) is 0. The van der Waals surface area contributed by atoms with Crippen LogP contribution in [-0.2, 0) is 0 Å². The zero-order valence-electron chi connectivity index (χ0n) is 12.3. The normalized spacial score (nSPS) is 12.2. The summed E-state index contributed by atoms with van der Waals surface area (Å²) in [5, 5.41) is 4.22. The zero-order chi connectivity index (χ0) is 18.1. The lowest BCUT2D eigenvalue weighted by molar-refractivity contribution is 0.402. The summed E-state index contributed by atoms with van der Waals surface area (Å²) in [6.07, 6.45) is -0.644. The number of alkyl halides is 1. The van der Waals surface area contributed by atoms with E-state index >= 15 is 0 Å². The molecule has 0 aliphatic rings. The van der Waals surface area contributed by atoms with Crippen molar-refractivity contribution < 1.29 is 4.39 Å². The summed E-state index contributed by atoms with van der Waals surface area (Å²) in [5.41, 5.74) is -0.807. The summed E-state index contributed by atoms with van der Waals surface area (Å²) in [6, 6.07) is 8.87. The van der Waals surface area contributed by atoms with E-state index in [1.54, 1.807) is 12.1 Å². The van der Waals surface area contributed by atoms with E-state index in [9.17, 15) is 14.0 Å². The fourth-order valence-electron chi connectivity index (χ4n) is 2.27. The first-order valence-electron chi connectivity index (χ1n) is 6.94. The number of hydrogen-bond acceptors (Lipinski definition) is 3. The number of nitrogens with one attached hydrogen (secondary N) is 1. The molecule has 0 saturated carbocycles. The molecule has 1 N–H and O–H groups in total. The summed E-state index contributed by atoms with van der Waals surface area (Å²) in [6.45, 7) is 0. The van der Waals surface area contributed by atoms with Gasteiger partial charge in [-0.2, -0.15) is 9.78 Å². The van der Waals surface area contributed by atoms with E-state index < -0.39 is 17.4 Å². The van der Waals surface area contributed by atoms with Crippen molar-refractivity contribution in [2.24, 2.45) is 0 Å². The van der Waals surface area contributed by atoms with Gasteiger partial charge in [-0.05, 0) is 29.8 Å². The van der Waals surface area contributed by atoms with Gasteiger partial charge in [-0.3, -0.25) is 9.78 Å². The third kappa shape index (κ3) is 3.61. The van der Waals surface area contributed by atoms with Gasteiger partial charge in [-0.15, -0.1) is 0 Å². The maximum atomic E-state index is 14.8. The van der Waals surface area contributed by atoms with E-state index in [0.29, 0.717) is 10.6 Å². The average molecular weight is 401 g/mol. The lowest BCUT2D eigenvalue weighted by Crippen LogP contribution is -2.30. The van der Waals surface area contributed by atoms with Crippen molar-refractivity contribution in [1.82, 2.24) is 14.8 Å². The topological polar surface area (TPSA) is 67.8 Å². The molecular weight excluding hydrogens is 392 g/mol. The summed E-state index contributed by atoms with van der Waals surface area (Å²) < 4.78 is 15.7. The van der Waals surface area contributed by atoms with E-state index in [0.717, 1.165) is 10.9 Å². The average Bonchev–Trinajstić information content (AvgIpc) is 2.54. The van der Waals surface area contributed by atoms with E-state index in [4.69, 9.17) is 34.8 Å². The second-order valence-corrected chi connectivity index (χ2v) is 6.34. The van der Waals surface area contributed by atoms with Crippen molar-refractivity contribution in [3.8, 4) is 5.69 Å². The predicted octanol–water partition coefficient (Wildman–Crippen LogP) is 3.94. The third-order valence-electron chi connectivity index (χ3n) is 3.44. The van der Waals surface area contributed by atoms with E-state index in [-0.39, 0.29) is 21.3 Å². The van der Waals surface area contributed by atoms with Crippen LogP contribution < -0.4 is 11.2 Å². The number of nitrogens with zero attached hydrogens (tertiary/aromatic N) is 2. The highest BCUT2D eigenvalue weighted by Crippen LogP contribution is 2.38. The minimum Gasteiger partial charge on any atom is -0.271 e. The molecule has 0 bridgehead atoms. The highest BCUT2D eigenvalue weighted by molar-refractivity contribution is 6.36. The minimum atomic E-state index is -1.58. The van der Waals surface area contributed by atoms with E-state index in [1.165, 1.54) is 24.3 Å². The van der Waals surface area contributed by atoms with E-state index in [1.807, 2.05) is 0 Å². The Labute approximate surface area is 155 Å². The largest absolute Gasteiger partial charge is 0.349 e. The molecule has 25 heavy (non-hydrogen) atoms. The molecule has 0 fully saturated rings. The van der Waals surface area contributed by atoms with Crippen molar-refractivity contribution in [3.05, 3.63) is 89.6 Å². The SMILES string of the molecule is O=c1cnn(-c2cc(Cl)c(C(F)c3ccc(Cl)cc3)c(Cl)c2)c(=O)[nH]1. The van der Waals surface area contributed by atoms with Crippen molar-refractivity contribution in [1.29, 1.82) is 0 Å². The number of aromatic amines is 1. The van der Waals surface area contributed by atoms with Gasteiger partial charge in [0, 0.05) is 10.6 Å².